The maximum Gasteiger partial charge on any atom is 0.137 e. The first kappa shape index (κ1) is 10.7. The second kappa shape index (κ2) is 3.65. The van der Waals surface area contributed by atoms with Gasteiger partial charge in [-0.1, -0.05) is 11.6 Å². The van der Waals surface area contributed by atoms with Crippen LogP contribution < -0.4 is 5.73 Å². The minimum Gasteiger partial charge on any atom is -0.506 e. The van der Waals surface area contributed by atoms with Crippen LogP contribution in [0.15, 0.2) is 12.1 Å². The van der Waals surface area contributed by atoms with Crippen molar-refractivity contribution in [2.45, 2.75) is 31.2 Å². The lowest BCUT2D eigenvalue weighted by Gasteiger charge is -2.09. The minimum atomic E-state index is -0.416. The molecule has 3 N–H and O–H groups in total. The van der Waals surface area contributed by atoms with Gasteiger partial charge in [-0.3, -0.25) is 0 Å². The van der Waals surface area contributed by atoms with Crippen molar-refractivity contribution in [3.63, 3.8) is 0 Å². The van der Waals surface area contributed by atoms with Crippen molar-refractivity contribution in [1.82, 2.24) is 0 Å². The summed E-state index contributed by atoms with van der Waals surface area (Å²) < 4.78 is 13.4. The van der Waals surface area contributed by atoms with E-state index in [9.17, 15) is 4.39 Å². The largest absolute Gasteiger partial charge is 0.506 e. The molecule has 0 radical (unpaired) electrons. The highest BCUT2D eigenvalue weighted by molar-refractivity contribution is 6.32. The third-order valence-electron chi connectivity index (χ3n) is 2.90. The number of phenols is 1. The van der Waals surface area contributed by atoms with Crippen molar-refractivity contribution in [2.24, 2.45) is 5.73 Å². The molecule has 2 rings (SSSR count). The molecule has 1 aliphatic carbocycles. The molecule has 0 spiro atoms. The van der Waals surface area contributed by atoms with E-state index in [1.165, 1.54) is 6.07 Å². The summed E-state index contributed by atoms with van der Waals surface area (Å²) in [4.78, 5) is 0. The average molecular weight is 230 g/mol. The molecule has 15 heavy (non-hydrogen) atoms. The summed E-state index contributed by atoms with van der Waals surface area (Å²) in [5, 5.41) is 9.36. The van der Waals surface area contributed by atoms with E-state index in [2.05, 4.69) is 0 Å². The number of rotatable bonds is 3. The van der Waals surface area contributed by atoms with Gasteiger partial charge >= 0.3 is 0 Å². The molecular formula is C11H13ClFNO. The lowest BCUT2D eigenvalue weighted by atomic mass is 10.0. The van der Waals surface area contributed by atoms with Crippen LogP contribution in [-0.2, 0) is 6.42 Å². The first-order valence-electron chi connectivity index (χ1n) is 4.96. The highest BCUT2D eigenvalue weighted by Crippen LogP contribution is 2.37. The number of benzene rings is 1. The van der Waals surface area contributed by atoms with Crippen molar-refractivity contribution < 1.29 is 9.50 Å². The van der Waals surface area contributed by atoms with Crippen LogP contribution in [0.5, 0.6) is 5.75 Å². The van der Waals surface area contributed by atoms with Crippen molar-refractivity contribution >= 4 is 11.6 Å². The Morgan fingerprint density at radius 2 is 2.13 bits per heavy atom. The second-order valence-corrected chi connectivity index (χ2v) is 4.66. The van der Waals surface area contributed by atoms with E-state index in [4.69, 9.17) is 22.4 Å². The Bertz CT molecular complexity index is 390. The normalized spacial score (nSPS) is 17.8. The minimum absolute atomic E-state index is 0.0865. The molecule has 82 valence electrons. The summed E-state index contributed by atoms with van der Waals surface area (Å²) in [5.41, 5.74) is 6.34. The first-order valence-corrected chi connectivity index (χ1v) is 5.34. The first-order chi connectivity index (χ1) is 7.00. The monoisotopic (exact) mass is 229 g/mol. The van der Waals surface area contributed by atoms with Gasteiger partial charge in [0, 0.05) is 11.6 Å². The Morgan fingerprint density at radius 1 is 1.47 bits per heavy atom. The quantitative estimate of drug-likeness (QED) is 0.837. The number of hydrogen-bond donors (Lipinski definition) is 2. The summed E-state index contributed by atoms with van der Waals surface area (Å²) in [6, 6.07) is 2.52. The highest BCUT2D eigenvalue weighted by atomic mass is 35.5. The number of aromatic hydroxyl groups is 1. The summed E-state index contributed by atoms with van der Waals surface area (Å²) >= 11 is 5.70. The molecule has 1 aromatic rings. The molecule has 0 heterocycles. The lowest BCUT2D eigenvalue weighted by Crippen LogP contribution is -2.22. The zero-order valence-electron chi connectivity index (χ0n) is 8.26. The SMILES string of the molecule is NC1(CCc2cc(Cl)c(O)cc2F)CC1. The van der Waals surface area contributed by atoms with Gasteiger partial charge in [-0.2, -0.15) is 0 Å². The number of hydrogen-bond acceptors (Lipinski definition) is 2. The van der Waals surface area contributed by atoms with E-state index < -0.39 is 5.82 Å². The van der Waals surface area contributed by atoms with E-state index in [1.807, 2.05) is 0 Å². The van der Waals surface area contributed by atoms with Crippen LogP contribution in [0.3, 0.4) is 0 Å². The van der Waals surface area contributed by atoms with Crippen LogP contribution in [0.4, 0.5) is 4.39 Å². The molecule has 1 saturated carbocycles. The molecule has 4 heteroatoms. The predicted octanol–water partition coefficient (Wildman–Crippen LogP) is 2.61. The van der Waals surface area contributed by atoms with Gasteiger partial charge in [-0.05, 0) is 37.3 Å². The lowest BCUT2D eigenvalue weighted by molar-refractivity contribution is 0.467. The van der Waals surface area contributed by atoms with Gasteiger partial charge in [-0.15, -0.1) is 0 Å². The Hall–Kier alpha value is -0.800. The number of nitrogens with two attached hydrogens (primary N) is 1. The summed E-state index contributed by atoms with van der Waals surface area (Å²) in [5.74, 6) is -0.632. The average Bonchev–Trinajstić information content (AvgIpc) is 2.89. The molecule has 0 saturated heterocycles. The van der Waals surface area contributed by atoms with Crippen LogP contribution in [0.2, 0.25) is 5.02 Å². The standard InChI is InChI=1S/C11H13ClFNO/c12-8-5-7(9(13)6-10(8)15)1-2-11(14)3-4-11/h5-6,15H,1-4,14H2. The van der Waals surface area contributed by atoms with Crippen LogP contribution in [-0.4, -0.2) is 10.6 Å². The summed E-state index contributed by atoms with van der Waals surface area (Å²) in [6.45, 7) is 0. The molecule has 0 aliphatic heterocycles. The van der Waals surface area contributed by atoms with Crippen molar-refractivity contribution in [1.29, 1.82) is 0 Å². The molecular weight excluding hydrogens is 217 g/mol. The summed E-state index contributed by atoms with van der Waals surface area (Å²) in [7, 11) is 0. The number of halogens is 2. The number of aryl methyl sites for hydroxylation is 1. The fraction of sp³-hybridized carbons (Fsp3) is 0.455. The van der Waals surface area contributed by atoms with Crippen molar-refractivity contribution in [3.8, 4) is 5.75 Å². The van der Waals surface area contributed by atoms with Gasteiger partial charge in [0.15, 0.2) is 0 Å². The maximum atomic E-state index is 13.4. The van der Waals surface area contributed by atoms with Crippen LogP contribution in [0, 0.1) is 5.82 Å². The van der Waals surface area contributed by atoms with E-state index in [-0.39, 0.29) is 16.3 Å². The van der Waals surface area contributed by atoms with Gasteiger partial charge in [-0.25, -0.2) is 4.39 Å². The predicted molar refractivity (Wildman–Crippen MR) is 57.5 cm³/mol. The second-order valence-electron chi connectivity index (χ2n) is 4.26. The van der Waals surface area contributed by atoms with Gasteiger partial charge in [0.1, 0.15) is 11.6 Å². The van der Waals surface area contributed by atoms with E-state index >= 15 is 0 Å². The van der Waals surface area contributed by atoms with Crippen LogP contribution in [0.1, 0.15) is 24.8 Å². The van der Waals surface area contributed by atoms with Crippen molar-refractivity contribution in [3.05, 3.63) is 28.5 Å². The molecule has 1 aliphatic rings. The Labute approximate surface area is 92.9 Å². The Balaban J connectivity index is 2.10. The van der Waals surface area contributed by atoms with Gasteiger partial charge < -0.3 is 10.8 Å². The van der Waals surface area contributed by atoms with Crippen molar-refractivity contribution in [2.75, 3.05) is 0 Å². The van der Waals surface area contributed by atoms with Crippen LogP contribution in [0.25, 0.3) is 0 Å². The topological polar surface area (TPSA) is 46.2 Å². The maximum absolute atomic E-state index is 13.4. The van der Waals surface area contributed by atoms with Gasteiger partial charge in [0.25, 0.3) is 0 Å². The summed E-state index contributed by atoms with van der Waals surface area (Å²) in [6.07, 6.45) is 3.37. The number of phenolic OH excluding ortho intramolecular Hbond substituents is 1. The van der Waals surface area contributed by atoms with E-state index in [1.54, 1.807) is 0 Å². The third-order valence-corrected chi connectivity index (χ3v) is 3.20. The molecule has 0 bridgehead atoms. The fourth-order valence-corrected chi connectivity index (χ4v) is 1.75. The molecule has 0 atom stereocenters. The molecule has 0 unspecified atom stereocenters. The molecule has 0 aromatic heterocycles. The fourth-order valence-electron chi connectivity index (χ4n) is 1.56. The highest BCUT2D eigenvalue weighted by Gasteiger charge is 2.37. The van der Waals surface area contributed by atoms with E-state index in [0.717, 1.165) is 25.3 Å². The van der Waals surface area contributed by atoms with Gasteiger partial charge in [0.05, 0.1) is 5.02 Å². The zero-order chi connectivity index (χ0) is 11.1. The zero-order valence-corrected chi connectivity index (χ0v) is 9.02. The Morgan fingerprint density at radius 3 is 2.73 bits per heavy atom. The van der Waals surface area contributed by atoms with Gasteiger partial charge in [0.2, 0.25) is 0 Å². The molecule has 1 aromatic carbocycles. The molecule has 1 fully saturated rings. The van der Waals surface area contributed by atoms with E-state index in [0.29, 0.717) is 12.0 Å². The molecule has 0 amide bonds. The molecule has 2 nitrogen and oxygen atoms in total. The third kappa shape index (κ3) is 2.41. The Kier molecular flexibility index (Phi) is 2.61. The smallest absolute Gasteiger partial charge is 0.137 e. The van der Waals surface area contributed by atoms with Crippen LogP contribution >= 0.6 is 11.6 Å².